The second kappa shape index (κ2) is 10.9. The minimum absolute atomic E-state index is 0.000351. The van der Waals surface area contributed by atoms with Crippen LogP contribution in [0, 0.1) is 0 Å². The Morgan fingerprint density at radius 2 is 1.71 bits per heavy atom. The third-order valence-corrected chi connectivity index (χ3v) is 5.38. The first kappa shape index (κ1) is 25.1. The zero-order chi connectivity index (χ0) is 23.2. The van der Waals surface area contributed by atoms with E-state index in [1.807, 2.05) is 13.8 Å². The second-order valence-electron chi connectivity index (χ2n) is 7.56. The fourth-order valence-electron chi connectivity index (χ4n) is 3.86. The fourth-order valence-corrected chi connectivity index (χ4v) is 3.86. The number of rotatable bonds is 6. The molecule has 2 amide bonds. The van der Waals surface area contributed by atoms with Crippen molar-refractivity contribution in [2.45, 2.75) is 77.5 Å². The van der Waals surface area contributed by atoms with Crippen molar-refractivity contribution < 1.29 is 32.2 Å². The van der Waals surface area contributed by atoms with E-state index in [9.17, 15) is 22.8 Å². The predicted octanol–water partition coefficient (Wildman–Crippen LogP) is 3.53. The van der Waals surface area contributed by atoms with Crippen LogP contribution < -0.4 is 5.32 Å². The molecule has 0 saturated carbocycles. The standard InChI is InChI=1S/C20H25F3N2O4.C2H6/c1-12(29-9-14-3-5-15(6-4-14)20(21,22)23)18(24-13(2)26)19(27)25-16-7-8-17(25)11-28-10-16;1-2/h3-6,12,16-18H,7-11H2,1-2H3,(H,24,26);1-2H3. The molecule has 31 heavy (non-hydrogen) atoms. The quantitative estimate of drug-likeness (QED) is 0.729. The molecule has 1 aromatic rings. The van der Waals surface area contributed by atoms with Gasteiger partial charge in [0.05, 0.1) is 43.6 Å². The fraction of sp³-hybridized carbons (Fsp3) is 0.636. The van der Waals surface area contributed by atoms with Crippen molar-refractivity contribution in [1.82, 2.24) is 10.2 Å². The molecule has 2 fully saturated rings. The van der Waals surface area contributed by atoms with Gasteiger partial charge < -0.3 is 19.7 Å². The van der Waals surface area contributed by atoms with Gasteiger partial charge in [0.1, 0.15) is 6.04 Å². The highest BCUT2D eigenvalue weighted by atomic mass is 19.4. The molecule has 6 nitrogen and oxygen atoms in total. The summed E-state index contributed by atoms with van der Waals surface area (Å²) in [6.07, 6.45) is -3.32. The maximum Gasteiger partial charge on any atom is 0.416 e. The number of ether oxygens (including phenoxy) is 2. The third kappa shape index (κ3) is 6.43. The zero-order valence-electron chi connectivity index (χ0n) is 18.4. The number of hydrogen-bond donors (Lipinski definition) is 1. The number of benzene rings is 1. The first-order chi connectivity index (χ1) is 14.7. The zero-order valence-corrected chi connectivity index (χ0v) is 18.4. The lowest BCUT2D eigenvalue weighted by Crippen LogP contribution is -2.59. The largest absolute Gasteiger partial charge is 0.416 e. The smallest absolute Gasteiger partial charge is 0.377 e. The first-order valence-corrected chi connectivity index (χ1v) is 10.6. The molecule has 174 valence electrons. The van der Waals surface area contributed by atoms with E-state index in [0.29, 0.717) is 18.8 Å². The topological polar surface area (TPSA) is 67.9 Å². The Hall–Kier alpha value is -2.13. The molecule has 2 saturated heterocycles. The lowest BCUT2D eigenvalue weighted by molar-refractivity contribution is -0.149. The van der Waals surface area contributed by atoms with Crippen molar-refractivity contribution >= 4 is 11.8 Å². The number of carbonyl (C=O) groups excluding carboxylic acids is 2. The number of morpholine rings is 1. The number of hydrogen-bond acceptors (Lipinski definition) is 4. The van der Waals surface area contributed by atoms with Crippen molar-refractivity contribution in [3.63, 3.8) is 0 Å². The van der Waals surface area contributed by atoms with Crippen LogP contribution in [0.2, 0.25) is 0 Å². The molecule has 3 rings (SSSR count). The average Bonchev–Trinajstić information content (AvgIpc) is 2.99. The molecule has 2 aliphatic heterocycles. The van der Waals surface area contributed by atoms with E-state index in [1.54, 1.807) is 11.8 Å². The van der Waals surface area contributed by atoms with E-state index in [-0.39, 0.29) is 30.5 Å². The van der Waals surface area contributed by atoms with Gasteiger partial charge in [0.25, 0.3) is 0 Å². The molecule has 0 radical (unpaired) electrons. The van der Waals surface area contributed by atoms with Crippen LogP contribution in [-0.4, -0.2) is 54.2 Å². The van der Waals surface area contributed by atoms with E-state index in [4.69, 9.17) is 9.47 Å². The van der Waals surface area contributed by atoms with Gasteiger partial charge in [0.15, 0.2) is 0 Å². The van der Waals surface area contributed by atoms with Crippen LogP contribution in [0.3, 0.4) is 0 Å². The van der Waals surface area contributed by atoms with Crippen molar-refractivity contribution in [3.05, 3.63) is 35.4 Å². The summed E-state index contributed by atoms with van der Waals surface area (Å²) in [7, 11) is 0. The summed E-state index contributed by atoms with van der Waals surface area (Å²) in [6.45, 7) is 7.99. The Morgan fingerprint density at radius 1 is 1.16 bits per heavy atom. The summed E-state index contributed by atoms with van der Waals surface area (Å²) in [4.78, 5) is 26.6. The molecule has 2 bridgehead atoms. The maximum atomic E-state index is 13.2. The minimum Gasteiger partial charge on any atom is -0.377 e. The van der Waals surface area contributed by atoms with Crippen molar-refractivity contribution in [1.29, 1.82) is 0 Å². The monoisotopic (exact) mass is 444 g/mol. The summed E-state index contributed by atoms with van der Waals surface area (Å²) >= 11 is 0. The van der Waals surface area contributed by atoms with Gasteiger partial charge >= 0.3 is 6.18 Å². The van der Waals surface area contributed by atoms with Gasteiger partial charge in [-0.25, -0.2) is 0 Å². The van der Waals surface area contributed by atoms with Crippen LogP contribution in [0.5, 0.6) is 0 Å². The van der Waals surface area contributed by atoms with Crippen molar-refractivity contribution in [3.8, 4) is 0 Å². The molecule has 0 aliphatic carbocycles. The van der Waals surface area contributed by atoms with Crippen LogP contribution in [0.1, 0.15) is 51.7 Å². The maximum absolute atomic E-state index is 13.2. The van der Waals surface area contributed by atoms with E-state index >= 15 is 0 Å². The van der Waals surface area contributed by atoms with E-state index < -0.39 is 23.9 Å². The van der Waals surface area contributed by atoms with Gasteiger partial charge in [-0.15, -0.1) is 0 Å². The lowest BCUT2D eigenvalue weighted by Gasteiger charge is -2.38. The Balaban J connectivity index is 0.00000166. The molecular weight excluding hydrogens is 413 g/mol. The molecular formula is C22H31F3N2O4. The normalized spacial score (nSPS) is 22.2. The van der Waals surface area contributed by atoms with Gasteiger partial charge in [0, 0.05) is 6.92 Å². The summed E-state index contributed by atoms with van der Waals surface area (Å²) in [5.74, 6) is -0.565. The molecule has 4 unspecified atom stereocenters. The number of amides is 2. The number of alkyl halides is 3. The molecule has 1 aromatic carbocycles. The number of fused-ring (bicyclic) bond motifs is 2. The van der Waals surface area contributed by atoms with Crippen LogP contribution >= 0.6 is 0 Å². The molecule has 0 spiro atoms. The van der Waals surface area contributed by atoms with Crippen molar-refractivity contribution in [2.75, 3.05) is 13.2 Å². The Labute approximate surface area is 181 Å². The van der Waals surface area contributed by atoms with E-state index in [1.165, 1.54) is 19.1 Å². The van der Waals surface area contributed by atoms with Gasteiger partial charge in [-0.2, -0.15) is 13.2 Å². The average molecular weight is 444 g/mol. The molecule has 9 heteroatoms. The predicted molar refractivity (Wildman–Crippen MR) is 109 cm³/mol. The van der Waals surface area contributed by atoms with Gasteiger partial charge in [-0.1, -0.05) is 26.0 Å². The van der Waals surface area contributed by atoms with Crippen molar-refractivity contribution in [2.24, 2.45) is 0 Å². The SMILES string of the molecule is CC.CC(=O)NC(C(=O)N1C2CCC1COC2)C(C)OCc1ccc(C(F)(F)F)cc1. The summed E-state index contributed by atoms with van der Waals surface area (Å²) in [5.41, 5.74) is -0.186. The number of halogens is 3. The number of nitrogens with one attached hydrogen (secondary N) is 1. The van der Waals surface area contributed by atoms with Gasteiger partial charge in [0.2, 0.25) is 11.8 Å². The Kier molecular flexibility index (Phi) is 8.88. The number of carbonyl (C=O) groups is 2. The Bertz CT molecular complexity index is 723. The minimum atomic E-state index is -4.40. The summed E-state index contributed by atoms with van der Waals surface area (Å²) in [5, 5.41) is 2.67. The molecule has 4 atom stereocenters. The van der Waals surface area contributed by atoms with Crippen LogP contribution in [0.25, 0.3) is 0 Å². The highest BCUT2D eigenvalue weighted by molar-refractivity contribution is 5.88. The van der Waals surface area contributed by atoms with E-state index in [0.717, 1.165) is 25.0 Å². The summed E-state index contributed by atoms with van der Waals surface area (Å²) in [6, 6.07) is 3.79. The first-order valence-electron chi connectivity index (χ1n) is 10.6. The van der Waals surface area contributed by atoms with Gasteiger partial charge in [-0.05, 0) is 37.5 Å². The molecule has 2 heterocycles. The molecule has 0 aromatic heterocycles. The van der Waals surface area contributed by atoms with Gasteiger partial charge in [-0.3, -0.25) is 9.59 Å². The second-order valence-corrected chi connectivity index (χ2v) is 7.56. The lowest BCUT2D eigenvalue weighted by atomic mass is 10.1. The van der Waals surface area contributed by atoms with Crippen LogP contribution in [-0.2, 0) is 31.8 Å². The molecule has 2 aliphatic rings. The Morgan fingerprint density at radius 3 is 2.19 bits per heavy atom. The van der Waals surface area contributed by atoms with Crippen LogP contribution in [0.15, 0.2) is 24.3 Å². The third-order valence-electron chi connectivity index (χ3n) is 5.38. The van der Waals surface area contributed by atoms with E-state index in [2.05, 4.69) is 5.32 Å². The highest BCUT2D eigenvalue weighted by Crippen LogP contribution is 2.31. The number of nitrogens with zero attached hydrogens (tertiary/aromatic N) is 1. The highest BCUT2D eigenvalue weighted by Gasteiger charge is 2.44. The molecule has 1 N–H and O–H groups in total. The summed E-state index contributed by atoms with van der Waals surface area (Å²) < 4.78 is 49.3. The van der Waals surface area contributed by atoms with Crippen LogP contribution in [0.4, 0.5) is 13.2 Å².